The van der Waals surface area contributed by atoms with Crippen LogP contribution in [0.15, 0.2) is 35.3 Å². The maximum Gasteiger partial charge on any atom is 0.190 e. The first kappa shape index (κ1) is 16.5. The number of benzene rings is 1. The molecule has 1 rings (SSSR count). The topological polar surface area (TPSA) is 45.7 Å². The number of guanidine groups is 1. The summed E-state index contributed by atoms with van der Waals surface area (Å²) in [5.41, 5.74) is 1.34. The minimum absolute atomic E-state index is 0.851. The number of rotatable bonds is 9. The lowest BCUT2D eigenvalue weighted by Gasteiger charge is -2.11. The fourth-order valence-electron chi connectivity index (χ4n) is 1.95. The number of aliphatic imine (C=N–C) groups is 1. The third-order valence-electron chi connectivity index (χ3n) is 3.09. The summed E-state index contributed by atoms with van der Waals surface area (Å²) in [6.45, 7) is 2.70. The van der Waals surface area contributed by atoms with Crippen LogP contribution in [0.3, 0.4) is 0 Å². The zero-order valence-corrected chi connectivity index (χ0v) is 12.7. The van der Waals surface area contributed by atoms with Gasteiger partial charge in [0.15, 0.2) is 5.96 Å². The Bertz CT molecular complexity index is 365. The van der Waals surface area contributed by atoms with Crippen LogP contribution in [0.25, 0.3) is 0 Å². The van der Waals surface area contributed by atoms with E-state index in [4.69, 9.17) is 4.74 Å². The minimum Gasteiger partial charge on any atom is -0.385 e. The molecule has 20 heavy (non-hydrogen) atoms. The lowest BCUT2D eigenvalue weighted by atomic mass is 10.1. The second-order valence-corrected chi connectivity index (χ2v) is 4.71. The van der Waals surface area contributed by atoms with E-state index in [1.807, 2.05) is 13.1 Å². The van der Waals surface area contributed by atoms with E-state index in [1.54, 1.807) is 7.11 Å². The van der Waals surface area contributed by atoms with E-state index < -0.39 is 0 Å². The van der Waals surface area contributed by atoms with Gasteiger partial charge < -0.3 is 15.4 Å². The highest BCUT2D eigenvalue weighted by molar-refractivity contribution is 5.79. The van der Waals surface area contributed by atoms with E-state index >= 15 is 0 Å². The van der Waals surface area contributed by atoms with Gasteiger partial charge in [-0.3, -0.25) is 4.99 Å². The fraction of sp³-hybridized carbons (Fsp3) is 0.562. The number of ether oxygens (including phenoxy) is 1. The van der Waals surface area contributed by atoms with Gasteiger partial charge in [-0.2, -0.15) is 0 Å². The SMILES string of the molecule is CN=C(NCCCCCOC)NCCc1ccccc1. The van der Waals surface area contributed by atoms with Crippen molar-refractivity contribution in [2.75, 3.05) is 33.9 Å². The largest absolute Gasteiger partial charge is 0.385 e. The van der Waals surface area contributed by atoms with E-state index in [0.717, 1.165) is 44.9 Å². The number of nitrogens with one attached hydrogen (secondary N) is 2. The molecule has 0 saturated carbocycles. The molecule has 0 amide bonds. The van der Waals surface area contributed by atoms with Crippen molar-refractivity contribution >= 4 is 5.96 Å². The highest BCUT2D eigenvalue weighted by Gasteiger charge is 1.97. The van der Waals surface area contributed by atoms with Crippen molar-refractivity contribution in [2.45, 2.75) is 25.7 Å². The maximum atomic E-state index is 5.03. The molecule has 0 atom stereocenters. The Kier molecular flexibility index (Phi) is 9.32. The van der Waals surface area contributed by atoms with Crippen LogP contribution in [0.4, 0.5) is 0 Å². The first-order chi connectivity index (χ1) is 9.86. The van der Waals surface area contributed by atoms with Crippen molar-refractivity contribution < 1.29 is 4.74 Å². The Morgan fingerprint density at radius 2 is 1.80 bits per heavy atom. The van der Waals surface area contributed by atoms with Crippen LogP contribution in [-0.4, -0.2) is 39.8 Å². The molecule has 4 nitrogen and oxygen atoms in total. The van der Waals surface area contributed by atoms with Crippen molar-refractivity contribution in [3.05, 3.63) is 35.9 Å². The highest BCUT2D eigenvalue weighted by Crippen LogP contribution is 1.98. The molecular formula is C16H27N3O. The van der Waals surface area contributed by atoms with Crippen molar-refractivity contribution in [1.29, 1.82) is 0 Å². The molecule has 0 bridgehead atoms. The number of methoxy groups -OCH3 is 1. The monoisotopic (exact) mass is 277 g/mol. The van der Waals surface area contributed by atoms with Crippen LogP contribution >= 0.6 is 0 Å². The van der Waals surface area contributed by atoms with Gasteiger partial charge in [0.1, 0.15) is 0 Å². The van der Waals surface area contributed by atoms with Gasteiger partial charge in [0, 0.05) is 33.9 Å². The molecule has 0 aliphatic carbocycles. The first-order valence-electron chi connectivity index (χ1n) is 7.34. The summed E-state index contributed by atoms with van der Waals surface area (Å²) in [6, 6.07) is 10.5. The maximum absolute atomic E-state index is 5.03. The Morgan fingerprint density at radius 3 is 2.50 bits per heavy atom. The van der Waals surface area contributed by atoms with Crippen molar-refractivity contribution in [1.82, 2.24) is 10.6 Å². The molecule has 0 heterocycles. The van der Waals surface area contributed by atoms with E-state index in [0.29, 0.717) is 0 Å². The van der Waals surface area contributed by atoms with Gasteiger partial charge in [-0.05, 0) is 31.2 Å². The molecule has 0 radical (unpaired) electrons. The Balaban J connectivity index is 2.08. The predicted molar refractivity (Wildman–Crippen MR) is 85.2 cm³/mol. The molecule has 0 spiro atoms. The highest BCUT2D eigenvalue weighted by atomic mass is 16.5. The lowest BCUT2D eigenvalue weighted by molar-refractivity contribution is 0.192. The number of hydrogen-bond acceptors (Lipinski definition) is 2. The van der Waals surface area contributed by atoms with Gasteiger partial charge in [-0.25, -0.2) is 0 Å². The summed E-state index contributed by atoms with van der Waals surface area (Å²) in [6.07, 6.45) is 4.46. The third kappa shape index (κ3) is 7.79. The van der Waals surface area contributed by atoms with Crippen LogP contribution < -0.4 is 10.6 Å². The third-order valence-corrected chi connectivity index (χ3v) is 3.09. The molecule has 0 aromatic heterocycles. The molecule has 0 aliphatic heterocycles. The van der Waals surface area contributed by atoms with E-state index in [-0.39, 0.29) is 0 Å². The normalized spacial score (nSPS) is 11.4. The van der Waals surface area contributed by atoms with Gasteiger partial charge >= 0.3 is 0 Å². The molecule has 0 aliphatic rings. The zero-order valence-electron chi connectivity index (χ0n) is 12.7. The summed E-state index contributed by atoms with van der Waals surface area (Å²) in [5.74, 6) is 0.882. The molecule has 0 fully saturated rings. The van der Waals surface area contributed by atoms with Gasteiger partial charge in [-0.1, -0.05) is 30.3 Å². The van der Waals surface area contributed by atoms with Crippen molar-refractivity contribution in [3.8, 4) is 0 Å². The Hall–Kier alpha value is -1.55. The second-order valence-electron chi connectivity index (χ2n) is 4.71. The molecule has 2 N–H and O–H groups in total. The van der Waals surface area contributed by atoms with Gasteiger partial charge in [0.25, 0.3) is 0 Å². The molecule has 1 aromatic rings. The van der Waals surface area contributed by atoms with Crippen molar-refractivity contribution in [3.63, 3.8) is 0 Å². The molecule has 112 valence electrons. The van der Waals surface area contributed by atoms with Crippen LogP contribution in [0.5, 0.6) is 0 Å². The quantitative estimate of drug-likeness (QED) is 0.413. The fourth-order valence-corrected chi connectivity index (χ4v) is 1.95. The Morgan fingerprint density at radius 1 is 1.05 bits per heavy atom. The standard InChI is InChI=1S/C16H27N3O/c1-17-16(18-12-7-4-8-14-20-2)19-13-11-15-9-5-3-6-10-15/h3,5-6,9-10H,4,7-8,11-14H2,1-2H3,(H2,17,18,19). The number of hydrogen-bond donors (Lipinski definition) is 2. The molecule has 0 unspecified atom stereocenters. The summed E-state index contributed by atoms with van der Waals surface area (Å²) in [7, 11) is 3.56. The summed E-state index contributed by atoms with van der Waals surface area (Å²) >= 11 is 0. The average molecular weight is 277 g/mol. The number of unbranched alkanes of at least 4 members (excludes halogenated alkanes) is 2. The van der Waals surface area contributed by atoms with Gasteiger partial charge in [0.2, 0.25) is 0 Å². The van der Waals surface area contributed by atoms with E-state index in [9.17, 15) is 0 Å². The predicted octanol–water partition coefficient (Wildman–Crippen LogP) is 2.21. The van der Waals surface area contributed by atoms with Crippen LogP contribution in [0.2, 0.25) is 0 Å². The molecule has 1 aromatic carbocycles. The molecule has 0 saturated heterocycles. The van der Waals surface area contributed by atoms with E-state index in [1.165, 1.54) is 12.0 Å². The van der Waals surface area contributed by atoms with Crippen LogP contribution in [0, 0.1) is 0 Å². The first-order valence-corrected chi connectivity index (χ1v) is 7.34. The summed E-state index contributed by atoms with van der Waals surface area (Å²) in [5, 5.41) is 6.66. The van der Waals surface area contributed by atoms with E-state index in [2.05, 4.69) is 39.9 Å². The van der Waals surface area contributed by atoms with Gasteiger partial charge in [-0.15, -0.1) is 0 Å². The average Bonchev–Trinajstić information content (AvgIpc) is 2.50. The molecular weight excluding hydrogens is 250 g/mol. The van der Waals surface area contributed by atoms with Crippen molar-refractivity contribution in [2.24, 2.45) is 4.99 Å². The number of nitrogens with zero attached hydrogens (tertiary/aromatic N) is 1. The smallest absolute Gasteiger partial charge is 0.190 e. The lowest BCUT2D eigenvalue weighted by Crippen LogP contribution is -2.38. The zero-order chi connectivity index (χ0) is 14.5. The minimum atomic E-state index is 0.851. The summed E-state index contributed by atoms with van der Waals surface area (Å²) < 4.78 is 5.03. The summed E-state index contributed by atoms with van der Waals surface area (Å²) in [4.78, 5) is 4.22. The molecule has 4 heteroatoms. The Labute approximate surface area is 122 Å². The van der Waals surface area contributed by atoms with Crippen LogP contribution in [-0.2, 0) is 11.2 Å². The second kappa shape index (κ2) is 11.3. The van der Waals surface area contributed by atoms with Crippen LogP contribution in [0.1, 0.15) is 24.8 Å². The van der Waals surface area contributed by atoms with Gasteiger partial charge in [0.05, 0.1) is 0 Å².